The van der Waals surface area contributed by atoms with Gasteiger partial charge in [0.05, 0.1) is 6.10 Å². The summed E-state index contributed by atoms with van der Waals surface area (Å²) in [6, 6.07) is 0. The van der Waals surface area contributed by atoms with Gasteiger partial charge in [-0.15, -0.1) is 0 Å². The largest absolute Gasteiger partial charge is 0.389 e. The molecular formula is C8H14O. The zero-order valence-corrected chi connectivity index (χ0v) is 5.93. The van der Waals surface area contributed by atoms with Gasteiger partial charge in [-0.2, -0.15) is 0 Å². The van der Waals surface area contributed by atoms with E-state index in [9.17, 15) is 5.11 Å². The summed E-state index contributed by atoms with van der Waals surface area (Å²) in [6.45, 7) is 2.00. The van der Waals surface area contributed by atoms with Crippen molar-refractivity contribution in [3.05, 3.63) is 11.6 Å². The van der Waals surface area contributed by atoms with Crippen molar-refractivity contribution in [3.63, 3.8) is 0 Å². The minimum atomic E-state index is -0.122. The lowest BCUT2D eigenvalue weighted by molar-refractivity contribution is 0.178. The number of allylic oxidation sites excluding steroid dienone is 1. The minimum Gasteiger partial charge on any atom is -0.389 e. The highest BCUT2D eigenvalue weighted by Crippen LogP contribution is 2.22. The van der Waals surface area contributed by atoms with Gasteiger partial charge in [-0.3, -0.25) is 0 Å². The van der Waals surface area contributed by atoms with Crippen molar-refractivity contribution in [1.82, 2.24) is 0 Å². The van der Waals surface area contributed by atoms with Gasteiger partial charge in [-0.05, 0) is 31.8 Å². The summed E-state index contributed by atoms with van der Waals surface area (Å²) in [6.07, 6.45) is 6.46. The van der Waals surface area contributed by atoms with Crippen LogP contribution >= 0.6 is 0 Å². The highest BCUT2D eigenvalue weighted by Gasteiger charge is 2.13. The van der Waals surface area contributed by atoms with E-state index in [0.717, 1.165) is 12.8 Å². The van der Waals surface area contributed by atoms with E-state index in [1.165, 1.54) is 18.4 Å². The van der Waals surface area contributed by atoms with Gasteiger partial charge in [-0.25, -0.2) is 0 Å². The van der Waals surface area contributed by atoms with Crippen LogP contribution in [0.25, 0.3) is 0 Å². The molecule has 52 valence electrons. The lowest BCUT2D eigenvalue weighted by Crippen LogP contribution is -2.14. The Balaban J connectivity index is 2.49. The molecule has 1 heteroatoms. The molecule has 1 fully saturated rings. The summed E-state index contributed by atoms with van der Waals surface area (Å²) in [7, 11) is 0. The Morgan fingerprint density at radius 2 is 2.33 bits per heavy atom. The van der Waals surface area contributed by atoms with Crippen LogP contribution in [0, 0.1) is 0 Å². The fourth-order valence-electron chi connectivity index (χ4n) is 1.36. The average Bonchev–Trinajstić information content (AvgIpc) is 1.89. The van der Waals surface area contributed by atoms with Crippen LogP contribution in [0.15, 0.2) is 11.6 Å². The summed E-state index contributed by atoms with van der Waals surface area (Å²) in [4.78, 5) is 0. The lowest BCUT2D eigenvalue weighted by atomic mass is 9.92. The smallest absolute Gasteiger partial charge is 0.0750 e. The van der Waals surface area contributed by atoms with Crippen LogP contribution in [0.1, 0.15) is 32.6 Å². The van der Waals surface area contributed by atoms with Gasteiger partial charge in [0.2, 0.25) is 0 Å². The van der Waals surface area contributed by atoms with Gasteiger partial charge < -0.3 is 5.11 Å². The molecule has 0 aromatic rings. The Morgan fingerprint density at radius 3 is 2.78 bits per heavy atom. The first kappa shape index (κ1) is 6.81. The molecule has 0 amide bonds. The lowest BCUT2D eigenvalue weighted by Gasteiger charge is -2.19. The Bertz CT molecular complexity index is 116. The van der Waals surface area contributed by atoms with Crippen molar-refractivity contribution < 1.29 is 5.11 Å². The van der Waals surface area contributed by atoms with E-state index < -0.39 is 0 Å². The van der Waals surface area contributed by atoms with Crippen LogP contribution in [0.2, 0.25) is 0 Å². The molecular weight excluding hydrogens is 112 g/mol. The predicted molar refractivity (Wildman–Crippen MR) is 38.2 cm³/mol. The third-order valence-corrected chi connectivity index (χ3v) is 1.99. The number of aliphatic hydroxyl groups is 1. The topological polar surface area (TPSA) is 20.2 Å². The predicted octanol–water partition coefficient (Wildman–Crippen LogP) is 1.87. The molecule has 1 N–H and O–H groups in total. The molecule has 0 radical (unpaired) electrons. The van der Waals surface area contributed by atoms with Crippen LogP contribution in [0.4, 0.5) is 0 Å². The standard InChI is InChI=1S/C8H14O/c1-2-7-5-3-4-6-8(7)9/h2,8-9H,3-6H2,1H3/b7-2+/t8-/m0/s1. The normalized spacial score (nSPS) is 33.1. The van der Waals surface area contributed by atoms with E-state index in [4.69, 9.17) is 0 Å². The average molecular weight is 126 g/mol. The molecule has 0 spiro atoms. The highest BCUT2D eigenvalue weighted by atomic mass is 16.3. The first-order valence-corrected chi connectivity index (χ1v) is 3.67. The van der Waals surface area contributed by atoms with E-state index in [1.54, 1.807) is 0 Å². The second kappa shape index (κ2) is 3.02. The molecule has 0 heterocycles. The van der Waals surface area contributed by atoms with Crippen molar-refractivity contribution in [3.8, 4) is 0 Å². The second-order valence-corrected chi connectivity index (χ2v) is 2.63. The molecule has 0 unspecified atom stereocenters. The zero-order valence-electron chi connectivity index (χ0n) is 5.93. The van der Waals surface area contributed by atoms with Gasteiger partial charge in [0.1, 0.15) is 0 Å². The Kier molecular flexibility index (Phi) is 2.29. The van der Waals surface area contributed by atoms with Crippen molar-refractivity contribution in [2.24, 2.45) is 0 Å². The third-order valence-electron chi connectivity index (χ3n) is 1.99. The van der Waals surface area contributed by atoms with Gasteiger partial charge >= 0.3 is 0 Å². The molecule has 9 heavy (non-hydrogen) atoms. The minimum absolute atomic E-state index is 0.122. The summed E-state index contributed by atoms with van der Waals surface area (Å²) < 4.78 is 0. The molecule has 0 aromatic heterocycles. The molecule has 0 aliphatic heterocycles. The van der Waals surface area contributed by atoms with Crippen LogP contribution in [0.3, 0.4) is 0 Å². The number of aliphatic hydroxyl groups excluding tert-OH is 1. The van der Waals surface area contributed by atoms with E-state index in [-0.39, 0.29) is 6.10 Å². The van der Waals surface area contributed by atoms with Crippen molar-refractivity contribution in [2.75, 3.05) is 0 Å². The fourth-order valence-corrected chi connectivity index (χ4v) is 1.36. The van der Waals surface area contributed by atoms with Crippen LogP contribution < -0.4 is 0 Å². The van der Waals surface area contributed by atoms with Gasteiger partial charge in [0, 0.05) is 0 Å². The maximum Gasteiger partial charge on any atom is 0.0750 e. The van der Waals surface area contributed by atoms with E-state index in [1.807, 2.05) is 13.0 Å². The third kappa shape index (κ3) is 1.55. The summed E-state index contributed by atoms with van der Waals surface area (Å²) in [5.74, 6) is 0. The summed E-state index contributed by atoms with van der Waals surface area (Å²) >= 11 is 0. The first-order valence-electron chi connectivity index (χ1n) is 3.67. The molecule has 0 aromatic carbocycles. The molecule has 1 rings (SSSR count). The second-order valence-electron chi connectivity index (χ2n) is 2.63. The quantitative estimate of drug-likeness (QED) is 0.491. The van der Waals surface area contributed by atoms with Crippen LogP contribution in [-0.2, 0) is 0 Å². The fraction of sp³-hybridized carbons (Fsp3) is 0.750. The molecule has 1 atom stereocenters. The molecule has 1 saturated carbocycles. The molecule has 1 aliphatic carbocycles. The van der Waals surface area contributed by atoms with Gasteiger partial charge in [-0.1, -0.05) is 12.5 Å². The molecule has 1 nitrogen and oxygen atoms in total. The zero-order chi connectivity index (χ0) is 6.69. The maximum atomic E-state index is 9.30. The van der Waals surface area contributed by atoms with Gasteiger partial charge in [0.15, 0.2) is 0 Å². The first-order chi connectivity index (χ1) is 4.34. The molecule has 0 saturated heterocycles. The van der Waals surface area contributed by atoms with Crippen LogP contribution in [-0.4, -0.2) is 11.2 Å². The SMILES string of the molecule is C/C=C1\CCCC[C@@H]1O. The number of hydrogen-bond acceptors (Lipinski definition) is 1. The molecule has 1 aliphatic rings. The Morgan fingerprint density at radius 1 is 1.56 bits per heavy atom. The monoisotopic (exact) mass is 126 g/mol. The Labute approximate surface area is 56.4 Å². The van der Waals surface area contributed by atoms with E-state index in [0.29, 0.717) is 0 Å². The molecule has 0 bridgehead atoms. The van der Waals surface area contributed by atoms with E-state index >= 15 is 0 Å². The van der Waals surface area contributed by atoms with Crippen molar-refractivity contribution in [1.29, 1.82) is 0 Å². The Hall–Kier alpha value is -0.300. The maximum absolute atomic E-state index is 9.30. The van der Waals surface area contributed by atoms with Crippen molar-refractivity contribution >= 4 is 0 Å². The van der Waals surface area contributed by atoms with E-state index in [2.05, 4.69) is 0 Å². The number of hydrogen-bond donors (Lipinski definition) is 1. The number of rotatable bonds is 0. The summed E-state index contributed by atoms with van der Waals surface area (Å²) in [5, 5.41) is 9.30. The highest BCUT2D eigenvalue weighted by molar-refractivity contribution is 5.08. The van der Waals surface area contributed by atoms with Gasteiger partial charge in [0.25, 0.3) is 0 Å². The van der Waals surface area contributed by atoms with Crippen molar-refractivity contribution in [2.45, 2.75) is 38.7 Å². The summed E-state index contributed by atoms with van der Waals surface area (Å²) in [5.41, 5.74) is 1.24. The van der Waals surface area contributed by atoms with Crippen LogP contribution in [0.5, 0.6) is 0 Å².